The fraction of sp³-hybridized carbons (Fsp3) is 0.250. The second kappa shape index (κ2) is 9.90. The molecule has 1 unspecified atom stereocenters. The van der Waals surface area contributed by atoms with E-state index in [-0.39, 0.29) is 35.8 Å². The van der Waals surface area contributed by atoms with Crippen molar-refractivity contribution in [1.29, 1.82) is 0 Å². The minimum absolute atomic E-state index is 0. The third-order valence-corrected chi connectivity index (χ3v) is 4.77. The summed E-state index contributed by atoms with van der Waals surface area (Å²) < 4.78 is 11.7. The smallest absolute Gasteiger partial charge is 0.336 e. The van der Waals surface area contributed by atoms with E-state index in [1.54, 1.807) is 36.3 Å². The summed E-state index contributed by atoms with van der Waals surface area (Å²) in [4.78, 5) is 40.2. The van der Waals surface area contributed by atoms with Gasteiger partial charge in [0.05, 0.1) is 49.1 Å². The Morgan fingerprint density at radius 2 is 1.90 bits per heavy atom. The molecule has 0 aliphatic carbocycles. The van der Waals surface area contributed by atoms with E-state index in [2.05, 4.69) is 10.3 Å². The van der Waals surface area contributed by atoms with Crippen LogP contribution in [0.2, 0.25) is 0 Å². The van der Waals surface area contributed by atoms with Crippen LogP contribution in [0.3, 0.4) is 0 Å². The highest BCUT2D eigenvalue weighted by molar-refractivity contribution is 5.99. The predicted octanol–water partition coefficient (Wildman–Crippen LogP) is 2.47. The molecule has 1 atom stereocenters. The summed E-state index contributed by atoms with van der Waals surface area (Å²) in [6.07, 6.45) is 4.91. The largest absolute Gasteiger partial charge is 0.466 e. The number of nitro groups is 1. The number of imidazole rings is 1. The molecule has 0 radical (unpaired) electrons. The summed E-state index contributed by atoms with van der Waals surface area (Å²) in [6.45, 7) is 1.93. The average molecular weight is 449 g/mol. The molecule has 1 N–H and O–H groups in total. The van der Waals surface area contributed by atoms with Gasteiger partial charge in [-0.15, -0.1) is 12.4 Å². The molecule has 1 aliphatic heterocycles. The van der Waals surface area contributed by atoms with Gasteiger partial charge in [-0.2, -0.15) is 0 Å². The number of rotatable bonds is 6. The van der Waals surface area contributed by atoms with Crippen molar-refractivity contribution in [2.45, 2.75) is 19.4 Å². The van der Waals surface area contributed by atoms with Crippen molar-refractivity contribution in [3.05, 3.63) is 81.2 Å². The van der Waals surface area contributed by atoms with Crippen LogP contribution in [0.1, 0.15) is 18.4 Å². The van der Waals surface area contributed by atoms with Gasteiger partial charge >= 0.3 is 11.9 Å². The minimum Gasteiger partial charge on any atom is -0.466 e. The molecule has 0 bridgehead atoms. The molecule has 2 heterocycles. The van der Waals surface area contributed by atoms with Crippen molar-refractivity contribution < 1.29 is 24.0 Å². The van der Waals surface area contributed by atoms with Crippen LogP contribution >= 0.6 is 12.4 Å². The number of halogens is 1. The number of nitro benzene ring substituents is 1. The van der Waals surface area contributed by atoms with Gasteiger partial charge in [-0.05, 0) is 12.5 Å². The maximum Gasteiger partial charge on any atom is 0.336 e. The van der Waals surface area contributed by atoms with Crippen LogP contribution in [0.25, 0.3) is 0 Å². The number of carbonyl (C=O) groups excluding carboxylic acids is 2. The van der Waals surface area contributed by atoms with Gasteiger partial charge in [0.15, 0.2) is 0 Å². The number of allylic oxidation sites excluding steroid dienone is 2. The molecule has 1 aromatic heterocycles. The van der Waals surface area contributed by atoms with E-state index in [9.17, 15) is 19.7 Å². The van der Waals surface area contributed by atoms with Crippen LogP contribution < -0.4 is 5.32 Å². The molecular weight excluding hydrogens is 428 g/mol. The number of ether oxygens (including phenoxy) is 2. The third kappa shape index (κ3) is 4.75. The van der Waals surface area contributed by atoms with E-state index in [1.165, 1.54) is 32.4 Å². The number of hydrogen-bond acceptors (Lipinski definition) is 8. The molecule has 1 aliphatic rings. The van der Waals surface area contributed by atoms with E-state index in [0.29, 0.717) is 17.0 Å². The molecule has 0 spiro atoms. The maximum atomic E-state index is 12.8. The summed E-state index contributed by atoms with van der Waals surface area (Å²) in [6, 6.07) is 5.80. The molecule has 10 nitrogen and oxygen atoms in total. The van der Waals surface area contributed by atoms with Crippen LogP contribution in [-0.4, -0.2) is 40.6 Å². The number of methoxy groups -OCH3 is 2. The van der Waals surface area contributed by atoms with Crippen molar-refractivity contribution in [2.24, 2.45) is 0 Å². The van der Waals surface area contributed by atoms with Crippen molar-refractivity contribution in [1.82, 2.24) is 14.9 Å². The summed E-state index contributed by atoms with van der Waals surface area (Å²) in [5.74, 6) is -2.23. The van der Waals surface area contributed by atoms with Gasteiger partial charge in [0.25, 0.3) is 5.69 Å². The summed E-state index contributed by atoms with van der Waals surface area (Å²) in [5, 5.41) is 14.4. The highest BCUT2D eigenvalue weighted by Crippen LogP contribution is 2.40. The van der Waals surface area contributed by atoms with Crippen molar-refractivity contribution >= 4 is 30.0 Å². The van der Waals surface area contributed by atoms with Crippen molar-refractivity contribution in [3.63, 3.8) is 0 Å². The van der Waals surface area contributed by atoms with Crippen LogP contribution in [0.4, 0.5) is 5.69 Å². The second-order valence-corrected chi connectivity index (χ2v) is 6.56. The van der Waals surface area contributed by atoms with Gasteiger partial charge in [-0.25, -0.2) is 14.6 Å². The van der Waals surface area contributed by atoms with E-state index in [1.807, 2.05) is 0 Å². The first kappa shape index (κ1) is 23.6. The number of hydrogen-bond donors (Lipinski definition) is 1. The Hall–Kier alpha value is -3.66. The van der Waals surface area contributed by atoms with Gasteiger partial charge in [0, 0.05) is 35.9 Å². The monoisotopic (exact) mass is 448 g/mol. The topological polar surface area (TPSA) is 126 Å². The van der Waals surface area contributed by atoms with Gasteiger partial charge in [-0.1, -0.05) is 12.1 Å². The highest BCUT2D eigenvalue weighted by Gasteiger charge is 2.39. The maximum absolute atomic E-state index is 12.8. The third-order valence-electron chi connectivity index (χ3n) is 4.77. The molecule has 31 heavy (non-hydrogen) atoms. The first-order valence-electron chi connectivity index (χ1n) is 8.95. The number of benzene rings is 1. The van der Waals surface area contributed by atoms with Crippen LogP contribution in [0.5, 0.6) is 0 Å². The van der Waals surface area contributed by atoms with Crippen LogP contribution in [-0.2, 0) is 25.6 Å². The second-order valence-electron chi connectivity index (χ2n) is 6.56. The lowest BCUT2D eigenvalue weighted by Crippen LogP contribution is -2.34. The lowest BCUT2D eigenvalue weighted by atomic mass is 9.80. The Bertz CT molecular complexity index is 1060. The van der Waals surface area contributed by atoms with Gasteiger partial charge in [0.1, 0.15) is 0 Å². The molecule has 1 aromatic carbocycles. The number of esters is 2. The lowest BCUT2D eigenvalue weighted by molar-refractivity contribution is -0.384. The lowest BCUT2D eigenvalue weighted by Gasteiger charge is -2.31. The normalized spacial score (nSPS) is 15.6. The fourth-order valence-electron chi connectivity index (χ4n) is 3.47. The van der Waals surface area contributed by atoms with Crippen molar-refractivity contribution in [2.75, 3.05) is 14.2 Å². The standard InChI is InChI=1S/C20H20N4O6.ClH/c1-12-16(19(25)29-2)17(13-5-4-6-14(9-13)24(27)28)18(20(26)30-3)15(22-12)10-23-8-7-21-11-23;/h4-9,11,17,22H,10H2,1-3H3;1H. The van der Waals surface area contributed by atoms with Crippen molar-refractivity contribution in [3.8, 4) is 0 Å². The highest BCUT2D eigenvalue weighted by atomic mass is 35.5. The summed E-state index contributed by atoms with van der Waals surface area (Å²) in [5.41, 5.74) is 1.54. The molecule has 0 fully saturated rings. The Kier molecular flexibility index (Phi) is 7.54. The molecule has 0 saturated carbocycles. The SMILES string of the molecule is COC(=O)C1=C(C)NC(Cn2ccnc2)=C(C(=O)OC)C1c1cccc([N+](=O)[O-])c1.Cl. The van der Waals surface area contributed by atoms with E-state index in [0.717, 1.165) is 0 Å². The molecule has 0 saturated heterocycles. The Labute approximate surface area is 184 Å². The van der Waals surface area contributed by atoms with Crippen LogP contribution in [0, 0.1) is 10.1 Å². The molecule has 164 valence electrons. The van der Waals surface area contributed by atoms with E-state index < -0.39 is 22.8 Å². The number of nitrogens with zero attached hydrogens (tertiary/aromatic N) is 3. The van der Waals surface area contributed by atoms with E-state index in [4.69, 9.17) is 9.47 Å². The molecule has 0 amide bonds. The van der Waals surface area contributed by atoms with Gasteiger partial charge in [-0.3, -0.25) is 10.1 Å². The molecule has 2 aromatic rings. The Balaban J connectivity index is 0.00000341. The number of aromatic nitrogens is 2. The minimum atomic E-state index is -0.912. The zero-order valence-electron chi connectivity index (χ0n) is 17.0. The Morgan fingerprint density at radius 1 is 1.23 bits per heavy atom. The number of carbonyl (C=O) groups is 2. The number of nitrogens with one attached hydrogen (secondary N) is 1. The first-order valence-corrected chi connectivity index (χ1v) is 8.95. The van der Waals surface area contributed by atoms with Gasteiger partial charge < -0.3 is 19.4 Å². The van der Waals surface area contributed by atoms with Crippen LogP contribution in [0.15, 0.2) is 65.5 Å². The zero-order valence-corrected chi connectivity index (χ0v) is 17.8. The number of non-ortho nitro benzene ring substituents is 1. The Morgan fingerprint density at radius 3 is 2.48 bits per heavy atom. The molecule has 3 rings (SSSR count). The van der Waals surface area contributed by atoms with E-state index >= 15 is 0 Å². The predicted molar refractivity (Wildman–Crippen MR) is 112 cm³/mol. The first-order chi connectivity index (χ1) is 14.4. The molecular formula is C20H21ClN4O6. The number of dihydropyridines is 1. The summed E-state index contributed by atoms with van der Waals surface area (Å²) >= 11 is 0. The molecule has 11 heteroatoms. The average Bonchev–Trinajstić information content (AvgIpc) is 3.25. The van der Waals surface area contributed by atoms with Gasteiger partial charge in [0.2, 0.25) is 0 Å². The fourth-order valence-corrected chi connectivity index (χ4v) is 3.47. The quantitative estimate of drug-likeness (QED) is 0.405. The zero-order chi connectivity index (χ0) is 21.8. The summed E-state index contributed by atoms with van der Waals surface area (Å²) in [7, 11) is 2.47.